The van der Waals surface area contributed by atoms with Crippen LogP contribution < -0.4 is 9.46 Å². The van der Waals surface area contributed by atoms with Gasteiger partial charge in [-0.1, -0.05) is 30.3 Å². The number of nitrogens with one attached hydrogen (secondary N) is 1. The number of sulfonamides is 1. The van der Waals surface area contributed by atoms with Crippen molar-refractivity contribution in [3.05, 3.63) is 59.9 Å². The lowest BCUT2D eigenvalue weighted by atomic mass is 9.95. The Bertz CT molecular complexity index is 902. The van der Waals surface area contributed by atoms with Crippen molar-refractivity contribution in [1.82, 2.24) is 4.72 Å². The number of hydrogen-bond acceptors (Lipinski definition) is 4. The van der Waals surface area contributed by atoms with Crippen LogP contribution in [-0.2, 0) is 20.4 Å². The van der Waals surface area contributed by atoms with Crippen LogP contribution in [0.1, 0.15) is 12.5 Å². The van der Waals surface area contributed by atoms with Crippen molar-refractivity contribution in [1.29, 1.82) is 0 Å². The van der Waals surface area contributed by atoms with E-state index in [0.29, 0.717) is 0 Å². The standard InChI is InChI=1S/C17H17F4NO4S/c1-16(25-2,12-7-3-4-8-13(12)18)11-22-27(23,24)15-10-6-5-9-14(15)26-17(19,20)21/h3-10,22H,11H2,1-2H3/t16-/m1/s1. The Kier molecular flexibility index (Phi) is 6.13. The van der Waals surface area contributed by atoms with Crippen LogP contribution in [0.5, 0.6) is 5.75 Å². The molecule has 0 fully saturated rings. The molecule has 0 aromatic heterocycles. The number of methoxy groups -OCH3 is 1. The maximum Gasteiger partial charge on any atom is 0.573 e. The van der Waals surface area contributed by atoms with Crippen molar-refractivity contribution in [2.45, 2.75) is 23.8 Å². The van der Waals surface area contributed by atoms with Gasteiger partial charge in [0.25, 0.3) is 0 Å². The molecule has 0 aliphatic heterocycles. The van der Waals surface area contributed by atoms with Gasteiger partial charge >= 0.3 is 6.36 Å². The smallest absolute Gasteiger partial charge is 0.404 e. The second-order valence-electron chi connectivity index (χ2n) is 5.73. The van der Waals surface area contributed by atoms with E-state index in [1.807, 2.05) is 0 Å². The molecule has 2 rings (SSSR count). The molecule has 0 aliphatic rings. The lowest BCUT2D eigenvalue weighted by Gasteiger charge is -2.29. The van der Waals surface area contributed by atoms with Crippen LogP contribution in [0.3, 0.4) is 0 Å². The zero-order valence-corrected chi connectivity index (χ0v) is 15.2. The lowest BCUT2D eigenvalue weighted by Crippen LogP contribution is -2.40. The molecule has 27 heavy (non-hydrogen) atoms. The van der Waals surface area contributed by atoms with E-state index in [0.717, 1.165) is 12.1 Å². The normalized spacial score (nSPS) is 14.6. The molecule has 0 unspecified atom stereocenters. The summed E-state index contributed by atoms with van der Waals surface area (Å²) in [7, 11) is -3.14. The van der Waals surface area contributed by atoms with E-state index >= 15 is 0 Å². The summed E-state index contributed by atoms with van der Waals surface area (Å²) in [6.07, 6.45) is -5.06. The molecular formula is C17H17F4NO4S. The van der Waals surface area contributed by atoms with Crippen molar-refractivity contribution in [3.63, 3.8) is 0 Å². The Morgan fingerprint density at radius 1 is 1.04 bits per heavy atom. The quantitative estimate of drug-likeness (QED) is 0.713. The van der Waals surface area contributed by atoms with Gasteiger partial charge < -0.3 is 9.47 Å². The Balaban J connectivity index is 2.31. The zero-order valence-electron chi connectivity index (χ0n) is 14.4. The van der Waals surface area contributed by atoms with E-state index in [9.17, 15) is 26.0 Å². The van der Waals surface area contributed by atoms with Gasteiger partial charge in [0.1, 0.15) is 22.1 Å². The highest BCUT2D eigenvalue weighted by atomic mass is 32.2. The summed E-state index contributed by atoms with van der Waals surface area (Å²) >= 11 is 0. The molecule has 0 bridgehead atoms. The largest absolute Gasteiger partial charge is 0.573 e. The van der Waals surface area contributed by atoms with Gasteiger partial charge in [0.05, 0.1) is 0 Å². The molecule has 1 N–H and O–H groups in total. The summed E-state index contributed by atoms with van der Waals surface area (Å²) in [6.45, 7) is 1.03. The minimum atomic E-state index is -5.06. The molecule has 0 saturated heterocycles. The van der Waals surface area contributed by atoms with E-state index < -0.39 is 45.0 Å². The van der Waals surface area contributed by atoms with Gasteiger partial charge in [-0.05, 0) is 25.1 Å². The van der Waals surface area contributed by atoms with Crippen LogP contribution in [0.15, 0.2) is 53.4 Å². The number of hydrogen-bond donors (Lipinski definition) is 1. The van der Waals surface area contributed by atoms with Crippen LogP contribution in [0, 0.1) is 5.82 Å². The van der Waals surface area contributed by atoms with Gasteiger partial charge in [-0.2, -0.15) is 0 Å². The summed E-state index contributed by atoms with van der Waals surface area (Å²) in [6, 6.07) is 9.94. The molecule has 0 aliphatic carbocycles. The van der Waals surface area contributed by atoms with Crippen LogP contribution in [-0.4, -0.2) is 28.4 Å². The number of rotatable bonds is 7. The van der Waals surface area contributed by atoms with E-state index in [1.165, 1.54) is 44.4 Å². The number of alkyl halides is 3. The first kappa shape index (κ1) is 21.1. The molecule has 2 aromatic rings. The fourth-order valence-corrected chi connectivity index (χ4v) is 3.61. The van der Waals surface area contributed by atoms with Crippen molar-refractivity contribution < 1.29 is 35.5 Å². The molecule has 0 heterocycles. The molecule has 1 atom stereocenters. The Morgan fingerprint density at radius 3 is 2.22 bits per heavy atom. The number of halogens is 4. The Morgan fingerprint density at radius 2 is 1.63 bits per heavy atom. The Hall–Kier alpha value is -2.17. The molecular weight excluding hydrogens is 390 g/mol. The van der Waals surface area contributed by atoms with E-state index in [1.54, 1.807) is 6.07 Å². The second-order valence-corrected chi connectivity index (χ2v) is 7.47. The number of para-hydroxylation sites is 1. The van der Waals surface area contributed by atoms with E-state index in [2.05, 4.69) is 9.46 Å². The molecule has 0 spiro atoms. The topological polar surface area (TPSA) is 64.6 Å². The van der Waals surface area contributed by atoms with Crippen molar-refractivity contribution in [2.75, 3.05) is 13.7 Å². The van der Waals surface area contributed by atoms with Gasteiger partial charge in [0, 0.05) is 19.2 Å². The lowest BCUT2D eigenvalue weighted by molar-refractivity contribution is -0.275. The summed E-state index contributed by atoms with van der Waals surface area (Å²) in [5, 5.41) is 0. The third kappa shape index (κ3) is 5.18. The van der Waals surface area contributed by atoms with E-state index in [-0.39, 0.29) is 5.56 Å². The second kappa shape index (κ2) is 7.83. The fourth-order valence-electron chi connectivity index (χ4n) is 2.36. The highest BCUT2D eigenvalue weighted by Gasteiger charge is 2.35. The average Bonchev–Trinajstić information content (AvgIpc) is 2.59. The summed E-state index contributed by atoms with van der Waals surface area (Å²) in [5.74, 6) is -1.48. The van der Waals surface area contributed by atoms with Gasteiger partial charge in [0.2, 0.25) is 10.0 Å². The molecule has 0 amide bonds. The third-order valence-corrected chi connectivity index (χ3v) is 5.30. The molecule has 2 aromatic carbocycles. The maximum atomic E-state index is 14.1. The third-order valence-electron chi connectivity index (χ3n) is 3.86. The van der Waals surface area contributed by atoms with Gasteiger partial charge in [-0.3, -0.25) is 0 Å². The van der Waals surface area contributed by atoms with Crippen molar-refractivity contribution in [3.8, 4) is 5.75 Å². The van der Waals surface area contributed by atoms with Gasteiger partial charge in [0.15, 0.2) is 0 Å². The van der Waals surface area contributed by atoms with Crippen molar-refractivity contribution in [2.24, 2.45) is 0 Å². The molecule has 0 radical (unpaired) electrons. The van der Waals surface area contributed by atoms with Gasteiger partial charge in [-0.15, -0.1) is 13.2 Å². The van der Waals surface area contributed by atoms with Crippen LogP contribution in [0.4, 0.5) is 17.6 Å². The zero-order chi connectivity index (χ0) is 20.3. The van der Waals surface area contributed by atoms with Crippen molar-refractivity contribution >= 4 is 10.0 Å². The molecule has 10 heteroatoms. The maximum absolute atomic E-state index is 14.1. The molecule has 0 saturated carbocycles. The van der Waals surface area contributed by atoms with E-state index in [4.69, 9.17) is 4.74 Å². The average molecular weight is 407 g/mol. The summed E-state index contributed by atoms with van der Waals surface area (Å²) < 4.78 is 87.8. The number of benzene rings is 2. The highest BCUT2D eigenvalue weighted by molar-refractivity contribution is 7.89. The predicted molar refractivity (Wildman–Crippen MR) is 89.1 cm³/mol. The first-order valence-corrected chi connectivity index (χ1v) is 9.11. The highest BCUT2D eigenvalue weighted by Crippen LogP contribution is 2.31. The van der Waals surface area contributed by atoms with Crippen LogP contribution >= 0.6 is 0 Å². The van der Waals surface area contributed by atoms with Crippen LogP contribution in [0.25, 0.3) is 0 Å². The first-order valence-electron chi connectivity index (χ1n) is 7.63. The SMILES string of the molecule is CO[C@](C)(CNS(=O)(=O)c1ccccc1OC(F)(F)F)c1ccccc1F. The minimum Gasteiger partial charge on any atom is -0.404 e. The molecule has 148 valence electrons. The number of ether oxygens (including phenoxy) is 2. The first-order chi connectivity index (χ1) is 12.5. The van der Waals surface area contributed by atoms with Crippen LogP contribution in [0.2, 0.25) is 0 Å². The summed E-state index contributed by atoms with van der Waals surface area (Å²) in [4.78, 5) is -0.700. The molecule has 5 nitrogen and oxygen atoms in total. The minimum absolute atomic E-state index is 0.0926. The predicted octanol–water partition coefficient (Wildman–Crippen LogP) is 3.56. The fraction of sp³-hybridized carbons (Fsp3) is 0.294. The Labute approximate surface area is 154 Å². The summed E-state index contributed by atoms with van der Waals surface area (Å²) in [5.41, 5.74) is -1.30. The monoisotopic (exact) mass is 407 g/mol. The van der Waals surface area contributed by atoms with Gasteiger partial charge in [-0.25, -0.2) is 17.5 Å².